The summed E-state index contributed by atoms with van der Waals surface area (Å²) in [6.07, 6.45) is 0.805. The van der Waals surface area contributed by atoms with Crippen molar-refractivity contribution in [2.24, 2.45) is 0 Å². The Hall–Kier alpha value is -1.96. The van der Waals surface area contributed by atoms with Gasteiger partial charge in [-0.15, -0.1) is 0 Å². The summed E-state index contributed by atoms with van der Waals surface area (Å²) in [6, 6.07) is 10.5. The topological polar surface area (TPSA) is 17.1 Å². The van der Waals surface area contributed by atoms with E-state index in [9.17, 15) is 9.18 Å². The standard InChI is InChI=1S/C15H13FO/c1-10-6-7-12(9-17)14(8-10)13-4-3-5-15(16)11(13)2/h3-9H,1-2H3. The Kier molecular flexibility index (Phi) is 3.05. The SMILES string of the molecule is Cc1ccc(C=O)c(-c2cccc(F)c2C)c1. The van der Waals surface area contributed by atoms with Gasteiger partial charge in [0.25, 0.3) is 0 Å². The lowest BCUT2D eigenvalue weighted by molar-refractivity contribution is 0.112. The minimum Gasteiger partial charge on any atom is -0.298 e. The van der Waals surface area contributed by atoms with Crippen LogP contribution in [0.1, 0.15) is 21.5 Å². The van der Waals surface area contributed by atoms with Crippen molar-refractivity contribution in [1.82, 2.24) is 0 Å². The smallest absolute Gasteiger partial charge is 0.150 e. The third-order valence-electron chi connectivity index (χ3n) is 2.89. The fourth-order valence-corrected chi connectivity index (χ4v) is 1.91. The maximum atomic E-state index is 13.5. The number of rotatable bonds is 2. The highest BCUT2D eigenvalue weighted by Gasteiger charge is 2.09. The Balaban J connectivity index is 2.71. The lowest BCUT2D eigenvalue weighted by Crippen LogP contribution is -1.93. The number of benzene rings is 2. The third kappa shape index (κ3) is 2.11. The second-order valence-corrected chi connectivity index (χ2v) is 4.12. The lowest BCUT2D eigenvalue weighted by atomic mass is 9.95. The van der Waals surface area contributed by atoms with Crippen molar-refractivity contribution in [3.05, 3.63) is 58.9 Å². The predicted molar refractivity (Wildman–Crippen MR) is 66.7 cm³/mol. The minimum atomic E-state index is -0.249. The molecule has 0 saturated heterocycles. The van der Waals surface area contributed by atoms with Gasteiger partial charge in [0, 0.05) is 5.56 Å². The molecule has 0 unspecified atom stereocenters. The summed E-state index contributed by atoms with van der Waals surface area (Å²) in [7, 11) is 0. The lowest BCUT2D eigenvalue weighted by Gasteiger charge is -2.10. The molecule has 0 aromatic heterocycles. The van der Waals surface area contributed by atoms with E-state index in [0.717, 1.165) is 23.0 Å². The first-order chi connectivity index (χ1) is 8.13. The van der Waals surface area contributed by atoms with Gasteiger partial charge in [0.1, 0.15) is 5.82 Å². The van der Waals surface area contributed by atoms with Crippen LogP contribution in [0.5, 0.6) is 0 Å². The van der Waals surface area contributed by atoms with Crippen LogP contribution in [0.2, 0.25) is 0 Å². The number of halogens is 1. The average molecular weight is 228 g/mol. The van der Waals surface area contributed by atoms with E-state index in [1.165, 1.54) is 6.07 Å². The molecule has 1 nitrogen and oxygen atoms in total. The minimum absolute atomic E-state index is 0.249. The van der Waals surface area contributed by atoms with Gasteiger partial charge in [-0.3, -0.25) is 4.79 Å². The van der Waals surface area contributed by atoms with Crippen molar-refractivity contribution in [2.45, 2.75) is 13.8 Å². The van der Waals surface area contributed by atoms with Crippen LogP contribution in [0.15, 0.2) is 36.4 Å². The van der Waals surface area contributed by atoms with Crippen LogP contribution in [0.3, 0.4) is 0 Å². The molecule has 2 aromatic rings. The van der Waals surface area contributed by atoms with Gasteiger partial charge in [0.2, 0.25) is 0 Å². The Bertz CT molecular complexity index is 573. The number of hydrogen-bond donors (Lipinski definition) is 0. The first-order valence-electron chi connectivity index (χ1n) is 5.45. The summed E-state index contributed by atoms with van der Waals surface area (Å²) >= 11 is 0. The molecule has 17 heavy (non-hydrogen) atoms. The monoisotopic (exact) mass is 228 g/mol. The maximum Gasteiger partial charge on any atom is 0.150 e. The normalized spacial score (nSPS) is 10.3. The van der Waals surface area contributed by atoms with E-state index in [1.54, 1.807) is 19.1 Å². The second kappa shape index (κ2) is 4.50. The Morgan fingerprint density at radius 2 is 1.82 bits per heavy atom. The molecule has 2 rings (SSSR count). The number of aldehydes is 1. The highest BCUT2D eigenvalue weighted by atomic mass is 19.1. The first-order valence-corrected chi connectivity index (χ1v) is 5.45. The van der Waals surface area contributed by atoms with Crippen LogP contribution in [0.25, 0.3) is 11.1 Å². The van der Waals surface area contributed by atoms with E-state index >= 15 is 0 Å². The molecular formula is C15H13FO. The Morgan fingerprint density at radius 3 is 2.53 bits per heavy atom. The molecule has 0 amide bonds. The van der Waals surface area contributed by atoms with Gasteiger partial charge >= 0.3 is 0 Å². The molecule has 2 heteroatoms. The zero-order valence-electron chi connectivity index (χ0n) is 9.83. The van der Waals surface area contributed by atoms with E-state index < -0.39 is 0 Å². The molecule has 0 fully saturated rings. The van der Waals surface area contributed by atoms with E-state index in [2.05, 4.69) is 0 Å². The molecule has 0 aliphatic rings. The van der Waals surface area contributed by atoms with Gasteiger partial charge in [-0.05, 0) is 36.6 Å². The molecule has 0 bridgehead atoms. The van der Waals surface area contributed by atoms with E-state index in [-0.39, 0.29) is 5.82 Å². The molecule has 86 valence electrons. The van der Waals surface area contributed by atoms with Crippen molar-refractivity contribution in [2.75, 3.05) is 0 Å². The molecule has 0 heterocycles. The largest absolute Gasteiger partial charge is 0.298 e. The highest BCUT2D eigenvalue weighted by Crippen LogP contribution is 2.28. The molecule has 0 spiro atoms. The zero-order chi connectivity index (χ0) is 12.4. The van der Waals surface area contributed by atoms with Crippen molar-refractivity contribution >= 4 is 6.29 Å². The first kappa shape index (κ1) is 11.5. The van der Waals surface area contributed by atoms with Crippen LogP contribution in [0.4, 0.5) is 4.39 Å². The van der Waals surface area contributed by atoms with E-state index in [4.69, 9.17) is 0 Å². The average Bonchev–Trinajstić information content (AvgIpc) is 2.33. The predicted octanol–water partition coefficient (Wildman–Crippen LogP) is 3.92. The van der Waals surface area contributed by atoms with Crippen LogP contribution >= 0.6 is 0 Å². The van der Waals surface area contributed by atoms with E-state index in [0.29, 0.717) is 11.1 Å². The summed E-state index contributed by atoms with van der Waals surface area (Å²) in [6.45, 7) is 3.67. The van der Waals surface area contributed by atoms with Gasteiger partial charge in [-0.2, -0.15) is 0 Å². The molecule has 0 atom stereocenters. The van der Waals surface area contributed by atoms with Gasteiger partial charge in [0.15, 0.2) is 6.29 Å². The Labute approximate surface area is 99.9 Å². The fraction of sp³-hybridized carbons (Fsp3) is 0.133. The van der Waals surface area contributed by atoms with Crippen molar-refractivity contribution in [3.8, 4) is 11.1 Å². The highest BCUT2D eigenvalue weighted by molar-refractivity contribution is 5.88. The van der Waals surface area contributed by atoms with Gasteiger partial charge in [-0.1, -0.05) is 35.9 Å². The molecule has 0 aliphatic carbocycles. The summed E-state index contributed by atoms with van der Waals surface area (Å²) in [5, 5.41) is 0. The van der Waals surface area contributed by atoms with Gasteiger partial charge in [0.05, 0.1) is 0 Å². The summed E-state index contributed by atoms with van der Waals surface area (Å²) in [4.78, 5) is 11.0. The number of aryl methyl sites for hydroxylation is 1. The number of hydrogen-bond acceptors (Lipinski definition) is 1. The van der Waals surface area contributed by atoms with Gasteiger partial charge in [-0.25, -0.2) is 4.39 Å². The Morgan fingerprint density at radius 1 is 1.06 bits per heavy atom. The van der Waals surface area contributed by atoms with Crippen LogP contribution in [0, 0.1) is 19.7 Å². The van der Waals surface area contributed by atoms with E-state index in [1.807, 2.05) is 25.1 Å². The fourth-order valence-electron chi connectivity index (χ4n) is 1.91. The maximum absolute atomic E-state index is 13.5. The number of carbonyl (C=O) groups excluding carboxylic acids is 1. The van der Waals surface area contributed by atoms with Crippen LogP contribution in [-0.4, -0.2) is 6.29 Å². The second-order valence-electron chi connectivity index (χ2n) is 4.12. The summed E-state index contributed by atoms with van der Waals surface area (Å²) in [5.74, 6) is -0.249. The third-order valence-corrected chi connectivity index (χ3v) is 2.89. The van der Waals surface area contributed by atoms with Crippen molar-refractivity contribution in [3.63, 3.8) is 0 Å². The van der Waals surface area contributed by atoms with Gasteiger partial charge < -0.3 is 0 Å². The van der Waals surface area contributed by atoms with Crippen molar-refractivity contribution < 1.29 is 9.18 Å². The number of carbonyl (C=O) groups is 1. The summed E-state index contributed by atoms with van der Waals surface area (Å²) in [5.41, 5.74) is 3.77. The zero-order valence-corrected chi connectivity index (χ0v) is 9.83. The molecular weight excluding hydrogens is 215 g/mol. The van der Waals surface area contributed by atoms with Crippen LogP contribution in [-0.2, 0) is 0 Å². The molecule has 2 aromatic carbocycles. The van der Waals surface area contributed by atoms with Crippen LogP contribution < -0.4 is 0 Å². The molecule has 0 saturated carbocycles. The summed E-state index contributed by atoms with van der Waals surface area (Å²) < 4.78 is 13.5. The quantitative estimate of drug-likeness (QED) is 0.712. The van der Waals surface area contributed by atoms with Crippen molar-refractivity contribution in [1.29, 1.82) is 0 Å². The molecule has 0 aliphatic heterocycles. The molecule has 0 radical (unpaired) electrons. The molecule has 0 N–H and O–H groups in total.